The van der Waals surface area contributed by atoms with Crippen molar-refractivity contribution >= 4 is 5.91 Å². The van der Waals surface area contributed by atoms with E-state index in [1.165, 1.54) is 13.1 Å². The first-order valence-corrected chi connectivity index (χ1v) is 8.43. The summed E-state index contributed by atoms with van der Waals surface area (Å²) in [6, 6.07) is 1.65. The molecule has 0 bridgehead atoms. The molecule has 0 aliphatic carbocycles. The fourth-order valence-electron chi connectivity index (χ4n) is 3.73. The van der Waals surface area contributed by atoms with Gasteiger partial charge in [-0.25, -0.2) is 9.37 Å². The molecule has 1 amide bonds. The van der Waals surface area contributed by atoms with Crippen molar-refractivity contribution in [1.29, 1.82) is 0 Å². The highest BCUT2D eigenvalue weighted by Crippen LogP contribution is 2.39. The third kappa shape index (κ3) is 2.64. The molecule has 2 aromatic rings. The standard InChI is InChI=1S/C18H19FN4O2/c1-10(24)17-16(19)12(7-8-20-17)13-9-21-18(22-13)14-6-5-11-3-2-4-15(25)23(11)14/h2,4,7-11,14,24H,3,5-6H2,1H3,(H,21,22)/t10-,11?,14?/m0/s1. The van der Waals surface area contributed by atoms with E-state index in [9.17, 15) is 14.3 Å². The molecule has 3 atom stereocenters. The lowest BCUT2D eigenvalue weighted by atomic mass is 10.1. The van der Waals surface area contributed by atoms with Gasteiger partial charge in [-0.15, -0.1) is 0 Å². The van der Waals surface area contributed by atoms with Crippen molar-refractivity contribution in [2.24, 2.45) is 0 Å². The Morgan fingerprint density at radius 1 is 1.40 bits per heavy atom. The summed E-state index contributed by atoms with van der Waals surface area (Å²) >= 11 is 0. The fraction of sp³-hybridized carbons (Fsp3) is 0.389. The van der Waals surface area contributed by atoms with Gasteiger partial charge in [0.15, 0.2) is 5.82 Å². The molecule has 4 heterocycles. The first kappa shape index (κ1) is 16.0. The van der Waals surface area contributed by atoms with Gasteiger partial charge in [0.05, 0.1) is 24.0 Å². The Balaban J connectivity index is 1.67. The number of nitrogens with one attached hydrogen (secondary N) is 1. The van der Waals surface area contributed by atoms with Crippen molar-refractivity contribution < 1.29 is 14.3 Å². The summed E-state index contributed by atoms with van der Waals surface area (Å²) in [5, 5.41) is 9.63. The second-order valence-electron chi connectivity index (χ2n) is 6.55. The number of aliphatic hydroxyl groups excluding tert-OH is 1. The van der Waals surface area contributed by atoms with E-state index >= 15 is 0 Å². The van der Waals surface area contributed by atoms with Crippen LogP contribution in [0.3, 0.4) is 0 Å². The number of imidazole rings is 1. The molecule has 1 fully saturated rings. The number of amides is 1. The Bertz CT molecular complexity index is 845. The molecule has 2 aliphatic rings. The number of aromatic nitrogens is 3. The number of fused-ring (bicyclic) bond motifs is 1. The zero-order valence-corrected chi connectivity index (χ0v) is 13.8. The highest BCUT2D eigenvalue weighted by Gasteiger charge is 2.39. The minimum Gasteiger partial charge on any atom is -0.387 e. The molecule has 0 aromatic carbocycles. The van der Waals surface area contributed by atoms with E-state index in [1.807, 2.05) is 11.0 Å². The average Bonchev–Trinajstić information content (AvgIpc) is 3.22. The summed E-state index contributed by atoms with van der Waals surface area (Å²) in [5.41, 5.74) is 0.829. The lowest BCUT2D eigenvalue weighted by Gasteiger charge is -2.30. The average molecular weight is 342 g/mol. The van der Waals surface area contributed by atoms with Gasteiger partial charge < -0.3 is 15.0 Å². The molecule has 2 unspecified atom stereocenters. The molecule has 130 valence electrons. The van der Waals surface area contributed by atoms with Gasteiger partial charge in [-0.2, -0.15) is 0 Å². The second kappa shape index (κ2) is 6.07. The third-order valence-corrected chi connectivity index (χ3v) is 4.94. The Hall–Kier alpha value is -2.54. The van der Waals surface area contributed by atoms with Crippen molar-refractivity contribution in [3.05, 3.63) is 47.9 Å². The second-order valence-corrected chi connectivity index (χ2v) is 6.55. The van der Waals surface area contributed by atoms with Gasteiger partial charge in [-0.05, 0) is 38.3 Å². The Morgan fingerprint density at radius 2 is 2.24 bits per heavy atom. The maximum Gasteiger partial charge on any atom is 0.247 e. The molecule has 7 heteroatoms. The highest BCUT2D eigenvalue weighted by atomic mass is 19.1. The van der Waals surface area contributed by atoms with E-state index in [4.69, 9.17) is 0 Å². The predicted octanol–water partition coefficient (Wildman–Crippen LogP) is 2.66. The zero-order chi connectivity index (χ0) is 17.6. The Labute approximate surface area is 144 Å². The molecule has 0 radical (unpaired) electrons. The highest BCUT2D eigenvalue weighted by molar-refractivity contribution is 5.89. The van der Waals surface area contributed by atoms with Gasteiger partial charge in [-0.3, -0.25) is 9.78 Å². The van der Waals surface area contributed by atoms with E-state index in [1.54, 1.807) is 18.3 Å². The number of aromatic amines is 1. The quantitative estimate of drug-likeness (QED) is 0.898. The molecule has 1 saturated heterocycles. The van der Waals surface area contributed by atoms with Crippen molar-refractivity contribution in [3.63, 3.8) is 0 Å². The normalized spacial score (nSPS) is 23.8. The van der Waals surface area contributed by atoms with E-state index in [2.05, 4.69) is 15.0 Å². The molecule has 4 rings (SSSR count). The minimum atomic E-state index is -0.990. The summed E-state index contributed by atoms with van der Waals surface area (Å²) in [6.07, 6.45) is 8.21. The Morgan fingerprint density at radius 3 is 3.04 bits per heavy atom. The molecule has 0 spiro atoms. The number of pyridine rings is 1. The summed E-state index contributed by atoms with van der Waals surface area (Å²) < 4.78 is 14.6. The van der Waals surface area contributed by atoms with E-state index in [0.717, 1.165) is 19.3 Å². The van der Waals surface area contributed by atoms with E-state index < -0.39 is 11.9 Å². The van der Waals surface area contributed by atoms with Crippen LogP contribution in [0.15, 0.2) is 30.6 Å². The first-order valence-electron chi connectivity index (χ1n) is 8.43. The summed E-state index contributed by atoms with van der Waals surface area (Å²) in [6.45, 7) is 1.47. The van der Waals surface area contributed by atoms with Crippen LogP contribution in [0.2, 0.25) is 0 Å². The maximum atomic E-state index is 14.6. The number of H-pyrrole nitrogens is 1. The Kier molecular flexibility index (Phi) is 3.88. The van der Waals surface area contributed by atoms with Crippen molar-refractivity contribution in [2.75, 3.05) is 0 Å². The predicted molar refractivity (Wildman–Crippen MR) is 88.8 cm³/mol. The molecule has 6 nitrogen and oxygen atoms in total. The number of carbonyl (C=O) groups is 1. The minimum absolute atomic E-state index is 0.00295. The molecule has 2 aliphatic heterocycles. The smallest absolute Gasteiger partial charge is 0.247 e. The topological polar surface area (TPSA) is 82.1 Å². The SMILES string of the molecule is C[C@H](O)c1nccc(-c2cnc(C3CCC4CC=CC(=O)N43)[nH]2)c1F. The van der Waals surface area contributed by atoms with Gasteiger partial charge in [-0.1, -0.05) is 6.08 Å². The summed E-state index contributed by atoms with van der Waals surface area (Å²) in [7, 11) is 0. The number of halogens is 1. The number of hydrogen-bond donors (Lipinski definition) is 2. The summed E-state index contributed by atoms with van der Waals surface area (Å²) in [4.78, 5) is 25.5. The van der Waals surface area contributed by atoms with Crippen molar-refractivity contribution in [1.82, 2.24) is 19.9 Å². The van der Waals surface area contributed by atoms with Gasteiger partial charge in [0.2, 0.25) is 5.91 Å². The van der Waals surface area contributed by atoms with E-state index in [0.29, 0.717) is 17.1 Å². The first-order chi connectivity index (χ1) is 12.1. The molecular weight excluding hydrogens is 323 g/mol. The van der Waals surface area contributed by atoms with Crippen LogP contribution in [-0.4, -0.2) is 36.9 Å². The van der Waals surface area contributed by atoms with Crippen LogP contribution in [-0.2, 0) is 4.79 Å². The number of nitrogens with zero attached hydrogens (tertiary/aromatic N) is 3. The number of hydrogen-bond acceptors (Lipinski definition) is 4. The van der Waals surface area contributed by atoms with Crippen molar-refractivity contribution in [2.45, 2.75) is 44.4 Å². The van der Waals surface area contributed by atoms with Crippen LogP contribution < -0.4 is 0 Å². The van der Waals surface area contributed by atoms with Gasteiger partial charge in [0, 0.05) is 17.8 Å². The molecule has 25 heavy (non-hydrogen) atoms. The van der Waals surface area contributed by atoms with Crippen LogP contribution in [0.1, 0.15) is 49.9 Å². The van der Waals surface area contributed by atoms with Crippen LogP contribution >= 0.6 is 0 Å². The lowest BCUT2D eigenvalue weighted by Crippen LogP contribution is -2.38. The third-order valence-electron chi connectivity index (χ3n) is 4.94. The molecule has 2 aromatic heterocycles. The largest absolute Gasteiger partial charge is 0.387 e. The maximum absolute atomic E-state index is 14.6. The van der Waals surface area contributed by atoms with Crippen LogP contribution in [0.5, 0.6) is 0 Å². The number of aliphatic hydroxyl groups is 1. The fourth-order valence-corrected chi connectivity index (χ4v) is 3.73. The van der Waals surface area contributed by atoms with Gasteiger partial charge >= 0.3 is 0 Å². The van der Waals surface area contributed by atoms with Gasteiger partial charge in [0.1, 0.15) is 11.5 Å². The zero-order valence-electron chi connectivity index (χ0n) is 13.8. The number of rotatable bonds is 3. The molecule has 2 N–H and O–H groups in total. The van der Waals surface area contributed by atoms with Crippen LogP contribution in [0.25, 0.3) is 11.3 Å². The molecule has 0 saturated carbocycles. The summed E-state index contributed by atoms with van der Waals surface area (Å²) in [5.74, 6) is 0.105. The molecular formula is C18H19FN4O2. The monoisotopic (exact) mass is 342 g/mol. The van der Waals surface area contributed by atoms with E-state index in [-0.39, 0.29) is 23.7 Å². The van der Waals surface area contributed by atoms with Crippen LogP contribution in [0, 0.1) is 5.82 Å². The van der Waals surface area contributed by atoms with Crippen molar-refractivity contribution in [3.8, 4) is 11.3 Å². The van der Waals surface area contributed by atoms with Crippen LogP contribution in [0.4, 0.5) is 4.39 Å². The lowest BCUT2D eigenvalue weighted by molar-refractivity contribution is -0.129. The van der Waals surface area contributed by atoms with Gasteiger partial charge in [0.25, 0.3) is 0 Å². The number of carbonyl (C=O) groups excluding carboxylic acids is 1.